The molecule has 0 spiro atoms. The normalized spacial score (nSPS) is 10.2. The fraction of sp³-hybridized carbons (Fsp3) is 0.0833. The molecule has 0 aliphatic heterocycles. The molecule has 1 heterocycles. The van der Waals surface area contributed by atoms with Crippen molar-refractivity contribution in [1.82, 2.24) is 0 Å². The van der Waals surface area contributed by atoms with E-state index in [0.29, 0.717) is 11.6 Å². The Balaban J connectivity index is 2.07. The fourth-order valence-electron chi connectivity index (χ4n) is 1.33. The van der Waals surface area contributed by atoms with E-state index in [1.54, 1.807) is 6.26 Å². The number of benzene rings is 1. The predicted octanol–water partition coefficient (Wildman–Crippen LogP) is 3.26. The molecule has 0 saturated heterocycles. The highest BCUT2D eigenvalue weighted by Gasteiger charge is 2.05. The predicted molar refractivity (Wildman–Crippen MR) is 73.1 cm³/mol. The lowest BCUT2D eigenvalue weighted by molar-refractivity contribution is 0.270. The molecular weight excluding hydrogens is 302 g/mol. The summed E-state index contributed by atoms with van der Waals surface area (Å²) in [5.74, 6) is 1.51. The Morgan fingerprint density at radius 3 is 2.82 bits per heavy atom. The van der Waals surface area contributed by atoms with Gasteiger partial charge in [-0.3, -0.25) is 0 Å². The van der Waals surface area contributed by atoms with Gasteiger partial charge in [-0.05, 0) is 46.3 Å². The van der Waals surface area contributed by atoms with Gasteiger partial charge in [-0.15, -0.1) is 0 Å². The van der Waals surface area contributed by atoms with Gasteiger partial charge in [0, 0.05) is 10.0 Å². The first-order valence-corrected chi connectivity index (χ1v) is 6.11. The molecule has 2 rings (SSSR count). The van der Waals surface area contributed by atoms with E-state index in [0.717, 1.165) is 21.5 Å². The highest BCUT2D eigenvalue weighted by molar-refractivity contribution is 9.10. The Morgan fingerprint density at radius 1 is 1.41 bits per heavy atom. The number of halogens is 1. The highest BCUT2D eigenvalue weighted by atomic mass is 79.9. The first-order chi connectivity index (χ1) is 8.16. The number of furan rings is 1. The summed E-state index contributed by atoms with van der Waals surface area (Å²) in [5, 5.41) is 0. The van der Waals surface area contributed by atoms with Gasteiger partial charge in [0.15, 0.2) is 0 Å². The fourth-order valence-corrected chi connectivity index (χ4v) is 2.22. The molecule has 5 heteroatoms. The van der Waals surface area contributed by atoms with Crippen molar-refractivity contribution in [3.05, 3.63) is 52.4 Å². The summed E-state index contributed by atoms with van der Waals surface area (Å²) in [6.45, 7) is 0.395. The van der Waals surface area contributed by atoms with Crippen molar-refractivity contribution >= 4 is 33.1 Å². The number of thiocarbonyl (C=S) groups is 1. The summed E-state index contributed by atoms with van der Waals surface area (Å²) >= 11 is 8.31. The number of ether oxygens (including phenoxy) is 1. The minimum Gasteiger partial charge on any atom is -0.486 e. The van der Waals surface area contributed by atoms with Crippen LogP contribution in [-0.2, 0) is 6.61 Å². The van der Waals surface area contributed by atoms with Gasteiger partial charge in [-0.1, -0.05) is 12.2 Å². The lowest BCUT2D eigenvalue weighted by Crippen LogP contribution is -2.10. The molecular formula is C12H10BrNO2S. The first-order valence-electron chi connectivity index (χ1n) is 4.91. The molecule has 0 amide bonds. The maximum absolute atomic E-state index is 5.56. The van der Waals surface area contributed by atoms with Gasteiger partial charge in [0.1, 0.15) is 23.1 Å². The van der Waals surface area contributed by atoms with Crippen molar-refractivity contribution < 1.29 is 9.15 Å². The van der Waals surface area contributed by atoms with Gasteiger partial charge in [0.05, 0.1) is 6.26 Å². The molecule has 0 atom stereocenters. The summed E-state index contributed by atoms with van der Waals surface area (Å²) in [6.07, 6.45) is 1.62. The number of nitrogens with two attached hydrogens (primary N) is 1. The van der Waals surface area contributed by atoms with E-state index < -0.39 is 0 Å². The molecule has 2 aromatic rings. The lowest BCUT2D eigenvalue weighted by Gasteiger charge is -2.07. The van der Waals surface area contributed by atoms with Crippen molar-refractivity contribution in [2.75, 3.05) is 0 Å². The van der Waals surface area contributed by atoms with Crippen molar-refractivity contribution in [2.24, 2.45) is 5.73 Å². The minimum absolute atomic E-state index is 0.356. The minimum atomic E-state index is 0.356. The summed E-state index contributed by atoms with van der Waals surface area (Å²) in [6, 6.07) is 9.16. The first kappa shape index (κ1) is 12.1. The van der Waals surface area contributed by atoms with Gasteiger partial charge in [-0.2, -0.15) is 0 Å². The second-order valence-corrected chi connectivity index (χ2v) is 4.67. The summed E-state index contributed by atoms with van der Waals surface area (Å²) in [4.78, 5) is 0.356. The average molecular weight is 312 g/mol. The number of hydrogen-bond acceptors (Lipinski definition) is 3. The van der Waals surface area contributed by atoms with Crippen molar-refractivity contribution in [2.45, 2.75) is 6.61 Å². The Labute approximate surface area is 113 Å². The van der Waals surface area contributed by atoms with Crippen LogP contribution in [0.2, 0.25) is 0 Å². The van der Waals surface area contributed by atoms with Crippen LogP contribution in [0.3, 0.4) is 0 Å². The van der Waals surface area contributed by atoms with E-state index in [4.69, 9.17) is 27.1 Å². The quantitative estimate of drug-likeness (QED) is 0.881. The number of rotatable bonds is 4. The summed E-state index contributed by atoms with van der Waals surface area (Å²) in [5.41, 5.74) is 6.36. The molecule has 0 aliphatic rings. The zero-order valence-electron chi connectivity index (χ0n) is 8.85. The molecule has 0 saturated carbocycles. The van der Waals surface area contributed by atoms with Gasteiger partial charge in [0.2, 0.25) is 0 Å². The van der Waals surface area contributed by atoms with E-state index >= 15 is 0 Å². The zero-order chi connectivity index (χ0) is 12.3. The van der Waals surface area contributed by atoms with E-state index in [1.165, 1.54) is 0 Å². The van der Waals surface area contributed by atoms with Crippen LogP contribution < -0.4 is 10.5 Å². The molecule has 0 radical (unpaired) electrons. The van der Waals surface area contributed by atoms with Crippen LogP contribution in [0.5, 0.6) is 5.75 Å². The van der Waals surface area contributed by atoms with Crippen molar-refractivity contribution in [3.63, 3.8) is 0 Å². The summed E-state index contributed by atoms with van der Waals surface area (Å²) in [7, 11) is 0. The van der Waals surface area contributed by atoms with Gasteiger partial charge >= 0.3 is 0 Å². The largest absolute Gasteiger partial charge is 0.486 e. The third-order valence-electron chi connectivity index (χ3n) is 2.17. The van der Waals surface area contributed by atoms with Crippen molar-refractivity contribution in [3.8, 4) is 5.75 Å². The third kappa shape index (κ3) is 3.08. The lowest BCUT2D eigenvalue weighted by atomic mass is 10.2. The van der Waals surface area contributed by atoms with Crippen LogP contribution in [0.15, 0.2) is 45.5 Å². The highest BCUT2D eigenvalue weighted by Crippen LogP contribution is 2.23. The van der Waals surface area contributed by atoms with E-state index in [1.807, 2.05) is 30.3 Å². The van der Waals surface area contributed by atoms with Gasteiger partial charge in [-0.25, -0.2) is 0 Å². The van der Waals surface area contributed by atoms with Crippen molar-refractivity contribution in [1.29, 1.82) is 0 Å². The van der Waals surface area contributed by atoms with Crippen LogP contribution in [-0.4, -0.2) is 4.99 Å². The molecule has 0 unspecified atom stereocenters. The van der Waals surface area contributed by atoms with E-state index in [2.05, 4.69) is 15.9 Å². The third-order valence-corrected chi connectivity index (χ3v) is 3.04. The molecule has 88 valence electrons. The maximum atomic E-state index is 5.56. The molecule has 3 nitrogen and oxygen atoms in total. The number of hydrogen-bond donors (Lipinski definition) is 1. The summed E-state index contributed by atoms with van der Waals surface area (Å²) < 4.78 is 11.5. The van der Waals surface area contributed by atoms with Crippen LogP contribution in [0.1, 0.15) is 11.3 Å². The Kier molecular flexibility index (Phi) is 3.81. The maximum Gasteiger partial charge on any atom is 0.146 e. The standard InChI is InChI=1S/C12H10BrNO2S/c13-11-6-8(3-4-10(11)12(14)17)16-7-9-2-1-5-15-9/h1-6H,7H2,(H2,14,17). The molecule has 17 heavy (non-hydrogen) atoms. The van der Waals surface area contributed by atoms with Crippen LogP contribution in [0.4, 0.5) is 0 Å². The van der Waals surface area contributed by atoms with Gasteiger partial charge in [0.25, 0.3) is 0 Å². The average Bonchev–Trinajstić information content (AvgIpc) is 2.78. The van der Waals surface area contributed by atoms with Crippen LogP contribution >= 0.6 is 28.1 Å². The SMILES string of the molecule is NC(=S)c1ccc(OCc2ccco2)cc1Br. The van der Waals surface area contributed by atoms with E-state index in [9.17, 15) is 0 Å². The monoisotopic (exact) mass is 311 g/mol. The molecule has 0 aliphatic carbocycles. The Hall–Kier alpha value is -1.33. The Bertz CT molecular complexity index is 525. The second kappa shape index (κ2) is 5.33. The Morgan fingerprint density at radius 2 is 2.24 bits per heavy atom. The molecule has 1 aromatic heterocycles. The molecule has 0 bridgehead atoms. The molecule has 2 N–H and O–H groups in total. The van der Waals surface area contributed by atoms with E-state index in [-0.39, 0.29) is 0 Å². The van der Waals surface area contributed by atoms with Gasteiger partial charge < -0.3 is 14.9 Å². The second-order valence-electron chi connectivity index (χ2n) is 3.37. The van der Waals surface area contributed by atoms with Crippen LogP contribution in [0, 0.1) is 0 Å². The van der Waals surface area contributed by atoms with Crippen LogP contribution in [0.25, 0.3) is 0 Å². The topological polar surface area (TPSA) is 48.4 Å². The molecule has 1 aromatic carbocycles. The smallest absolute Gasteiger partial charge is 0.146 e. The zero-order valence-corrected chi connectivity index (χ0v) is 11.3. The molecule has 0 fully saturated rings.